The van der Waals surface area contributed by atoms with Gasteiger partial charge in [-0.3, -0.25) is 0 Å². The van der Waals surface area contributed by atoms with Crippen molar-refractivity contribution in [3.05, 3.63) is 29.3 Å². The van der Waals surface area contributed by atoms with Crippen molar-refractivity contribution in [2.75, 3.05) is 12.4 Å². The lowest BCUT2D eigenvalue weighted by Gasteiger charge is -2.29. The van der Waals surface area contributed by atoms with Crippen LogP contribution in [0.3, 0.4) is 0 Å². The Balaban J connectivity index is 2.72. The van der Waals surface area contributed by atoms with Crippen LogP contribution in [0.4, 0.5) is 10.5 Å². The molecule has 1 rings (SSSR count). The van der Waals surface area contributed by atoms with Crippen LogP contribution >= 0.6 is 11.6 Å². The van der Waals surface area contributed by atoms with E-state index in [1.807, 2.05) is 20.8 Å². The molecule has 0 saturated carbocycles. The fourth-order valence-electron chi connectivity index (χ4n) is 1.58. The third-order valence-electron chi connectivity index (χ3n) is 2.68. The van der Waals surface area contributed by atoms with Crippen molar-refractivity contribution in [1.82, 2.24) is 5.32 Å². The van der Waals surface area contributed by atoms with E-state index in [-0.39, 0.29) is 0 Å². The Hall–Kier alpha value is -1.75. The minimum Gasteiger partial charge on any atom is -0.467 e. The van der Waals surface area contributed by atoms with Crippen molar-refractivity contribution >= 4 is 29.3 Å². The van der Waals surface area contributed by atoms with Gasteiger partial charge in [0.05, 0.1) is 7.11 Å². The van der Waals surface area contributed by atoms with Crippen LogP contribution in [0.5, 0.6) is 0 Å². The first kappa shape index (κ1) is 16.3. The van der Waals surface area contributed by atoms with Crippen LogP contribution in [0.15, 0.2) is 24.3 Å². The van der Waals surface area contributed by atoms with E-state index in [0.29, 0.717) is 10.7 Å². The number of nitrogens with one attached hydrogen (secondary N) is 2. The van der Waals surface area contributed by atoms with Gasteiger partial charge in [-0.2, -0.15) is 0 Å². The predicted molar refractivity (Wildman–Crippen MR) is 78.9 cm³/mol. The highest BCUT2D eigenvalue weighted by Gasteiger charge is 2.33. The number of carbonyl (C=O) groups is 2. The maximum atomic E-state index is 11.9. The predicted octanol–water partition coefficient (Wildman–Crippen LogP) is 3.05. The minimum absolute atomic E-state index is 0.454. The highest BCUT2D eigenvalue weighted by atomic mass is 35.5. The van der Waals surface area contributed by atoms with E-state index in [4.69, 9.17) is 16.3 Å². The van der Waals surface area contributed by atoms with Crippen LogP contribution in [-0.2, 0) is 9.53 Å². The molecule has 0 heterocycles. The van der Waals surface area contributed by atoms with Crippen molar-refractivity contribution in [1.29, 1.82) is 0 Å². The second kappa shape index (κ2) is 6.61. The molecule has 0 fully saturated rings. The number of hydrogen-bond donors (Lipinski definition) is 2. The van der Waals surface area contributed by atoms with Gasteiger partial charge in [0.15, 0.2) is 0 Å². The van der Waals surface area contributed by atoms with E-state index in [1.165, 1.54) is 7.11 Å². The molecular weight excluding hydrogens is 280 g/mol. The molecule has 6 heteroatoms. The maximum absolute atomic E-state index is 11.9. The van der Waals surface area contributed by atoms with Crippen molar-refractivity contribution in [3.63, 3.8) is 0 Å². The summed E-state index contributed by atoms with van der Waals surface area (Å²) in [6.07, 6.45) is 0. The van der Waals surface area contributed by atoms with Gasteiger partial charge >= 0.3 is 12.0 Å². The van der Waals surface area contributed by atoms with Gasteiger partial charge in [0.1, 0.15) is 6.04 Å². The number of ether oxygens (including phenoxy) is 1. The zero-order valence-electron chi connectivity index (χ0n) is 12.0. The summed E-state index contributed by atoms with van der Waals surface area (Å²) in [6, 6.07) is 5.47. The SMILES string of the molecule is COC(=O)C(NC(=O)Nc1ccc(Cl)cc1)C(C)(C)C. The van der Waals surface area contributed by atoms with E-state index < -0.39 is 23.5 Å². The third-order valence-corrected chi connectivity index (χ3v) is 2.93. The Morgan fingerprint density at radius 2 is 1.75 bits per heavy atom. The maximum Gasteiger partial charge on any atom is 0.328 e. The number of esters is 1. The Kier molecular flexibility index (Phi) is 5.39. The molecule has 1 aromatic rings. The van der Waals surface area contributed by atoms with E-state index in [1.54, 1.807) is 24.3 Å². The number of anilines is 1. The molecule has 1 unspecified atom stereocenters. The van der Waals surface area contributed by atoms with Gasteiger partial charge < -0.3 is 15.4 Å². The molecular formula is C14H19ClN2O3. The summed E-state index contributed by atoms with van der Waals surface area (Å²) in [5.74, 6) is -0.483. The summed E-state index contributed by atoms with van der Waals surface area (Å²) in [6.45, 7) is 5.53. The summed E-state index contributed by atoms with van der Waals surface area (Å²) in [5, 5.41) is 5.83. The molecule has 20 heavy (non-hydrogen) atoms. The summed E-state index contributed by atoms with van der Waals surface area (Å²) < 4.78 is 4.71. The molecule has 1 aromatic carbocycles. The molecule has 0 aliphatic heterocycles. The van der Waals surface area contributed by atoms with Crippen LogP contribution in [0, 0.1) is 5.41 Å². The smallest absolute Gasteiger partial charge is 0.328 e. The molecule has 2 amide bonds. The van der Waals surface area contributed by atoms with Crippen molar-refractivity contribution in [2.24, 2.45) is 5.41 Å². The number of methoxy groups -OCH3 is 1. The molecule has 0 spiro atoms. The molecule has 5 nitrogen and oxygen atoms in total. The van der Waals surface area contributed by atoms with Crippen LogP contribution in [0.2, 0.25) is 5.02 Å². The van der Waals surface area contributed by atoms with Crippen LogP contribution in [0.25, 0.3) is 0 Å². The molecule has 0 radical (unpaired) electrons. The third kappa shape index (κ3) is 4.74. The van der Waals surface area contributed by atoms with E-state index >= 15 is 0 Å². The second-order valence-electron chi connectivity index (χ2n) is 5.43. The summed E-state index contributed by atoms with van der Waals surface area (Å²) in [5.41, 5.74) is 0.133. The number of halogens is 1. The highest BCUT2D eigenvalue weighted by molar-refractivity contribution is 6.30. The van der Waals surface area contributed by atoms with Crippen LogP contribution in [-0.4, -0.2) is 25.2 Å². The van der Waals surface area contributed by atoms with E-state index in [9.17, 15) is 9.59 Å². The number of benzene rings is 1. The van der Waals surface area contributed by atoms with E-state index in [2.05, 4.69) is 10.6 Å². The molecule has 0 aliphatic rings. The van der Waals surface area contributed by atoms with Gasteiger partial charge in [0.25, 0.3) is 0 Å². The van der Waals surface area contributed by atoms with Gasteiger partial charge in [-0.15, -0.1) is 0 Å². The summed E-state index contributed by atoms with van der Waals surface area (Å²) in [4.78, 5) is 23.6. The lowest BCUT2D eigenvalue weighted by atomic mass is 9.87. The molecule has 0 bridgehead atoms. The zero-order chi connectivity index (χ0) is 15.3. The largest absolute Gasteiger partial charge is 0.467 e. The number of urea groups is 1. The summed E-state index contributed by atoms with van der Waals surface area (Å²) in [7, 11) is 1.29. The number of rotatable bonds is 3. The van der Waals surface area contributed by atoms with Crippen molar-refractivity contribution in [2.45, 2.75) is 26.8 Å². The Morgan fingerprint density at radius 1 is 1.20 bits per heavy atom. The first-order valence-electron chi connectivity index (χ1n) is 6.15. The first-order valence-corrected chi connectivity index (χ1v) is 6.52. The average molecular weight is 299 g/mol. The zero-order valence-corrected chi connectivity index (χ0v) is 12.7. The second-order valence-corrected chi connectivity index (χ2v) is 5.86. The molecule has 110 valence electrons. The van der Waals surface area contributed by atoms with Crippen molar-refractivity contribution in [3.8, 4) is 0 Å². The van der Waals surface area contributed by atoms with Crippen LogP contribution in [0.1, 0.15) is 20.8 Å². The molecule has 2 N–H and O–H groups in total. The highest BCUT2D eigenvalue weighted by Crippen LogP contribution is 2.20. The average Bonchev–Trinajstić information content (AvgIpc) is 2.36. The lowest BCUT2D eigenvalue weighted by Crippen LogP contribution is -2.50. The van der Waals surface area contributed by atoms with Crippen LogP contribution < -0.4 is 10.6 Å². The quantitative estimate of drug-likeness (QED) is 0.843. The van der Waals surface area contributed by atoms with Gasteiger partial charge in [-0.25, -0.2) is 9.59 Å². The number of carbonyl (C=O) groups excluding carboxylic acids is 2. The Morgan fingerprint density at radius 3 is 2.20 bits per heavy atom. The lowest BCUT2D eigenvalue weighted by molar-refractivity contribution is -0.145. The Bertz CT molecular complexity index is 480. The van der Waals surface area contributed by atoms with Gasteiger partial charge in [-0.1, -0.05) is 32.4 Å². The molecule has 1 atom stereocenters. The minimum atomic E-state index is -0.736. The van der Waals surface area contributed by atoms with E-state index in [0.717, 1.165) is 0 Å². The fraction of sp³-hybridized carbons (Fsp3) is 0.429. The molecule has 0 aromatic heterocycles. The Labute approximate surface area is 123 Å². The molecule has 0 saturated heterocycles. The normalized spacial score (nSPS) is 12.4. The monoisotopic (exact) mass is 298 g/mol. The number of amides is 2. The van der Waals surface area contributed by atoms with Gasteiger partial charge in [0.2, 0.25) is 0 Å². The standard InChI is InChI=1S/C14H19ClN2O3/c1-14(2,3)11(12(18)20-4)17-13(19)16-10-7-5-9(15)6-8-10/h5-8,11H,1-4H3,(H2,16,17,19). The topological polar surface area (TPSA) is 67.4 Å². The number of hydrogen-bond acceptors (Lipinski definition) is 3. The fourth-order valence-corrected chi connectivity index (χ4v) is 1.70. The molecule has 0 aliphatic carbocycles. The van der Waals surface area contributed by atoms with Crippen molar-refractivity contribution < 1.29 is 14.3 Å². The first-order chi connectivity index (χ1) is 9.24. The van der Waals surface area contributed by atoms with Gasteiger partial charge in [-0.05, 0) is 29.7 Å². The van der Waals surface area contributed by atoms with Gasteiger partial charge in [0, 0.05) is 10.7 Å². The summed E-state index contributed by atoms with van der Waals surface area (Å²) >= 11 is 5.76.